The lowest BCUT2D eigenvalue weighted by Crippen LogP contribution is -2.22. The van der Waals surface area contributed by atoms with Gasteiger partial charge in [-0.25, -0.2) is 0 Å². The van der Waals surface area contributed by atoms with Gasteiger partial charge in [0.25, 0.3) is 0 Å². The monoisotopic (exact) mass is 181 g/mol. The van der Waals surface area contributed by atoms with E-state index in [-0.39, 0.29) is 0 Å². The van der Waals surface area contributed by atoms with Crippen molar-refractivity contribution in [2.24, 2.45) is 0 Å². The molecule has 1 saturated heterocycles. The van der Waals surface area contributed by atoms with Gasteiger partial charge < -0.3 is 4.90 Å². The van der Waals surface area contributed by atoms with Crippen LogP contribution in [-0.2, 0) is 6.54 Å². The van der Waals surface area contributed by atoms with Crippen LogP contribution in [0.5, 0.6) is 0 Å². The Morgan fingerprint density at radius 1 is 1.67 bits per heavy atom. The number of nitrogens with one attached hydrogen (secondary N) is 1. The van der Waals surface area contributed by atoms with E-state index in [2.05, 4.69) is 9.88 Å². The Kier molecular flexibility index (Phi) is 2.08. The van der Waals surface area contributed by atoms with Crippen molar-refractivity contribution in [1.29, 1.82) is 5.41 Å². The minimum atomic E-state index is 0.781. The fourth-order valence-electron chi connectivity index (χ4n) is 1.41. The number of hydrogen-bond acceptors (Lipinski definition) is 3. The van der Waals surface area contributed by atoms with Crippen LogP contribution in [0, 0.1) is 5.41 Å². The molecule has 1 fully saturated rings. The number of amidine groups is 1. The smallest absolute Gasteiger partial charge is 0.0961 e. The maximum atomic E-state index is 7.62. The number of thiazole rings is 1. The summed E-state index contributed by atoms with van der Waals surface area (Å²) in [5.74, 6) is 0.781. The van der Waals surface area contributed by atoms with E-state index in [0.29, 0.717) is 0 Å². The molecule has 1 aliphatic heterocycles. The van der Waals surface area contributed by atoms with E-state index in [1.54, 1.807) is 11.3 Å². The molecule has 0 spiro atoms. The van der Waals surface area contributed by atoms with Crippen molar-refractivity contribution < 1.29 is 0 Å². The van der Waals surface area contributed by atoms with Crippen LogP contribution >= 0.6 is 11.3 Å². The summed E-state index contributed by atoms with van der Waals surface area (Å²) >= 11 is 1.66. The standard InChI is InChI=1S/C8H11N3S/c9-8-2-1-3-11(8)5-7-4-10-6-12-7/h4,6,9H,1-3,5H2. The molecule has 3 nitrogen and oxygen atoms in total. The molecule has 1 aliphatic rings. The van der Waals surface area contributed by atoms with Gasteiger partial charge >= 0.3 is 0 Å². The molecule has 0 atom stereocenters. The van der Waals surface area contributed by atoms with Gasteiger partial charge in [0.15, 0.2) is 0 Å². The quantitative estimate of drug-likeness (QED) is 0.754. The van der Waals surface area contributed by atoms with Gasteiger partial charge in [-0.2, -0.15) is 0 Å². The van der Waals surface area contributed by atoms with Crippen LogP contribution in [0.15, 0.2) is 11.7 Å². The highest BCUT2D eigenvalue weighted by molar-refractivity contribution is 7.09. The molecule has 2 rings (SSSR count). The first-order valence-corrected chi connectivity index (χ1v) is 4.94. The first-order valence-electron chi connectivity index (χ1n) is 4.06. The first-order chi connectivity index (χ1) is 5.86. The van der Waals surface area contributed by atoms with E-state index in [1.807, 2.05) is 11.7 Å². The minimum absolute atomic E-state index is 0.781. The van der Waals surface area contributed by atoms with Crippen molar-refractivity contribution >= 4 is 17.2 Å². The van der Waals surface area contributed by atoms with E-state index < -0.39 is 0 Å². The molecule has 0 radical (unpaired) electrons. The lowest BCUT2D eigenvalue weighted by Gasteiger charge is -2.15. The molecular weight excluding hydrogens is 170 g/mol. The molecule has 2 heterocycles. The zero-order chi connectivity index (χ0) is 8.39. The second-order valence-electron chi connectivity index (χ2n) is 2.94. The summed E-state index contributed by atoms with van der Waals surface area (Å²) in [6.07, 6.45) is 3.96. The Morgan fingerprint density at radius 3 is 3.17 bits per heavy atom. The molecule has 0 amide bonds. The number of nitrogens with zero attached hydrogens (tertiary/aromatic N) is 2. The molecule has 12 heavy (non-hydrogen) atoms. The van der Waals surface area contributed by atoms with Crippen LogP contribution in [0.1, 0.15) is 17.7 Å². The van der Waals surface area contributed by atoms with Crippen LogP contribution in [0.3, 0.4) is 0 Å². The SMILES string of the molecule is N=C1CCCN1Cc1cncs1. The van der Waals surface area contributed by atoms with Gasteiger partial charge in [-0.15, -0.1) is 11.3 Å². The summed E-state index contributed by atoms with van der Waals surface area (Å²) in [6.45, 7) is 1.92. The van der Waals surface area contributed by atoms with Crippen molar-refractivity contribution in [2.45, 2.75) is 19.4 Å². The Bertz CT molecular complexity index is 268. The third-order valence-corrected chi connectivity index (χ3v) is 2.82. The molecule has 0 unspecified atom stereocenters. The third kappa shape index (κ3) is 1.48. The Labute approximate surface area is 75.6 Å². The molecule has 1 aromatic rings. The summed E-state index contributed by atoms with van der Waals surface area (Å²) in [5.41, 5.74) is 1.84. The van der Waals surface area contributed by atoms with Crippen LogP contribution in [0.25, 0.3) is 0 Å². The maximum Gasteiger partial charge on any atom is 0.0961 e. The van der Waals surface area contributed by atoms with E-state index in [4.69, 9.17) is 5.41 Å². The predicted octanol–water partition coefficient (Wildman–Crippen LogP) is 1.72. The fourth-order valence-corrected chi connectivity index (χ4v) is 2.02. The zero-order valence-corrected chi connectivity index (χ0v) is 7.60. The van der Waals surface area contributed by atoms with Gasteiger partial charge in [0.05, 0.1) is 17.9 Å². The lowest BCUT2D eigenvalue weighted by molar-refractivity contribution is 0.450. The average molecular weight is 181 g/mol. The molecular formula is C8H11N3S. The van der Waals surface area contributed by atoms with Crippen molar-refractivity contribution in [3.8, 4) is 0 Å². The second-order valence-corrected chi connectivity index (χ2v) is 3.91. The summed E-state index contributed by atoms with van der Waals surface area (Å²) in [4.78, 5) is 7.38. The van der Waals surface area contributed by atoms with Gasteiger partial charge in [0, 0.05) is 24.0 Å². The number of rotatable bonds is 2. The molecule has 1 aromatic heterocycles. The van der Waals surface area contributed by atoms with Crippen LogP contribution < -0.4 is 0 Å². The largest absolute Gasteiger partial charge is 0.355 e. The van der Waals surface area contributed by atoms with Crippen LogP contribution in [-0.4, -0.2) is 22.3 Å². The normalized spacial score (nSPS) is 17.3. The van der Waals surface area contributed by atoms with E-state index in [0.717, 1.165) is 31.8 Å². The lowest BCUT2D eigenvalue weighted by atomic mass is 10.4. The van der Waals surface area contributed by atoms with Gasteiger partial charge in [-0.3, -0.25) is 10.4 Å². The number of aromatic nitrogens is 1. The first kappa shape index (κ1) is 7.73. The molecule has 4 heteroatoms. The Hall–Kier alpha value is -0.900. The highest BCUT2D eigenvalue weighted by Gasteiger charge is 2.16. The van der Waals surface area contributed by atoms with Crippen molar-refractivity contribution in [2.75, 3.05) is 6.54 Å². The molecule has 0 bridgehead atoms. The van der Waals surface area contributed by atoms with E-state index in [1.165, 1.54) is 4.88 Å². The van der Waals surface area contributed by atoms with Crippen LogP contribution in [0.4, 0.5) is 0 Å². The van der Waals surface area contributed by atoms with Crippen molar-refractivity contribution in [3.05, 3.63) is 16.6 Å². The van der Waals surface area contributed by atoms with Gasteiger partial charge in [-0.05, 0) is 6.42 Å². The summed E-state index contributed by atoms with van der Waals surface area (Å²) in [7, 11) is 0. The maximum absolute atomic E-state index is 7.62. The average Bonchev–Trinajstić information content (AvgIpc) is 2.65. The van der Waals surface area contributed by atoms with E-state index >= 15 is 0 Å². The summed E-state index contributed by atoms with van der Waals surface area (Å²) < 4.78 is 0. The van der Waals surface area contributed by atoms with Gasteiger partial charge in [0.1, 0.15) is 0 Å². The second kappa shape index (κ2) is 3.23. The highest BCUT2D eigenvalue weighted by Crippen LogP contribution is 2.16. The Balaban J connectivity index is 1.99. The molecule has 64 valence electrons. The highest BCUT2D eigenvalue weighted by atomic mass is 32.1. The topological polar surface area (TPSA) is 40.0 Å². The molecule has 1 N–H and O–H groups in total. The molecule has 0 saturated carbocycles. The summed E-state index contributed by atoms with van der Waals surface area (Å²) in [6, 6.07) is 0. The van der Waals surface area contributed by atoms with Crippen LogP contribution in [0.2, 0.25) is 0 Å². The van der Waals surface area contributed by atoms with Gasteiger partial charge in [-0.1, -0.05) is 0 Å². The molecule has 0 aliphatic carbocycles. The predicted molar refractivity (Wildman–Crippen MR) is 49.5 cm³/mol. The third-order valence-electron chi connectivity index (χ3n) is 2.05. The molecule has 0 aromatic carbocycles. The minimum Gasteiger partial charge on any atom is -0.355 e. The van der Waals surface area contributed by atoms with Gasteiger partial charge in [0.2, 0.25) is 0 Å². The van der Waals surface area contributed by atoms with E-state index in [9.17, 15) is 0 Å². The summed E-state index contributed by atoms with van der Waals surface area (Å²) in [5, 5.41) is 7.62. The van der Waals surface area contributed by atoms with Crippen molar-refractivity contribution in [3.63, 3.8) is 0 Å². The Morgan fingerprint density at radius 2 is 2.58 bits per heavy atom. The number of hydrogen-bond donors (Lipinski definition) is 1. The number of likely N-dealkylation sites (tertiary alicyclic amines) is 1. The van der Waals surface area contributed by atoms with Crippen molar-refractivity contribution in [1.82, 2.24) is 9.88 Å². The zero-order valence-electron chi connectivity index (χ0n) is 6.79. The fraction of sp³-hybridized carbons (Fsp3) is 0.500.